The van der Waals surface area contributed by atoms with Crippen molar-refractivity contribution in [3.8, 4) is 0 Å². The summed E-state index contributed by atoms with van der Waals surface area (Å²) in [5, 5.41) is 4.74. The van der Waals surface area contributed by atoms with E-state index in [1.165, 1.54) is 42.5 Å². The summed E-state index contributed by atoms with van der Waals surface area (Å²) >= 11 is 0. The zero-order chi connectivity index (χ0) is 14.2. The summed E-state index contributed by atoms with van der Waals surface area (Å²) in [6.45, 7) is 6.30. The zero-order valence-corrected chi connectivity index (χ0v) is 12.8. The van der Waals surface area contributed by atoms with Gasteiger partial charge in [0.25, 0.3) is 0 Å². The van der Waals surface area contributed by atoms with Crippen molar-refractivity contribution in [2.45, 2.75) is 45.3 Å². The molecule has 4 rings (SSSR count). The smallest absolute Gasteiger partial charge is 0.134 e. The summed E-state index contributed by atoms with van der Waals surface area (Å²) in [7, 11) is 0. The highest BCUT2D eigenvalue weighted by molar-refractivity contribution is 5.82. The van der Waals surface area contributed by atoms with Crippen LogP contribution in [-0.2, 0) is 13.1 Å². The Morgan fingerprint density at radius 3 is 2.95 bits per heavy atom. The number of piperidine rings is 1. The van der Waals surface area contributed by atoms with Crippen molar-refractivity contribution >= 4 is 11.0 Å². The molecule has 1 saturated carbocycles. The van der Waals surface area contributed by atoms with Gasteiger partial charge >= 0.3 is 0 Å². The van der Waals surface area contributed by atoms with Gasteiger partial charge in [-0.05, 0) is 37.8 Å². The van der Waals surface area contributed by atoms with Gasteiger partial charge < -0.3 is 9.73 Å². The fourth-order valence-electron chi connectivity index (χ4n) is 4.13. The first-order valence-corrected chi connectivity index (χ1v) is 8.29. The number of benzene rings is 1. The quantitative estimate of drug-likeness (QED) is 0.910. The van der Waals surface area contributed by atoms with Crippen molar-refractivity contribution in [1.82, 2.24) is 10.2 Å². The van der Waals surface area contributed by atoms with Crippen LogP contribution in [0, 0.1) is 5.92 Å². The lowest BCUT2D eigenvalue weighted by molar-refractivity contribution is 0.191. The van der Waals surface area contributed by atoms with Crippen LogP contribution < -0.4 is 5.32 Å². The van der Waals surface area contributed by atoms with Gasteiger partial charge in [-0.15, -0.1) is 0 Å². The first-order chi connectivity index (χ1) is 10.3. The molecule has 1 aliphatic carbocycles. The van der Waals surface area contributed by atoms with Crippen LogP contribution in [0.5, 0.6) is 0 Å². The predicted octanol–water partition coefficient (Wildman–Crippen LogP) is 3.53. The maximum atomic E-state index is 6.18. The third-order valence-electron chi connectivity index (χ3n) is 5.20. The minimum Gasteiger partial charge on any atom is -0.459 e. The van der Waals surface area contributed by atoms with Crippen LogP contribution in [0.2, 0.25) is 0 Å². The summed E-state index contributed by atoms with van der Waals surface area (Å²) in [4.78, 5) is 2.64. The van der Waals surface area contributed by atoms with Gasteiger partial charge in [0.1, 0.15) is 11.3 Å². The number of hydrogen-bond donors (Lipinski definition) is 1. The molecule has 3 heteroatoms. The van der Waals surface area contributed by atoms with Crippen LogP contribution in [0.15, 0.2) is 28.7 Å². The van der Waals surface area contributed by atoms with Crippen molar-refractivity contribution in [3.63, 3.8) is 0 Å². The molecule has 2 aliphatic rings. The van der Waals surface area contributed by atoms with Gasteiger partial charge in [0, 0.05) is 30.1 Å². The van der Waals surface area contributed by atoms with Crippen LogP contribution in [0.25, 0.3) is 11.0 Å². The minimum absolute atomic E-state index is 0.801. The average molecular weight is 284 g/mol. The van der Waals surface area contributed by atoms with Gasteiger partial charge in [-0.25, -0.2) is 0 Å². The Balaban J connectivity index is 1.63. The summed E-state index contributed by atoms with van der Waals surface area (Å²) in [6.07, 6.45) is 4.22. The van der Waals surface area contributed by atoms with Gasteiger partial charge in [0.15, 0.2) is 0 Å². The second kappa shape index (κ2) is 5.47. The van der Waals surface area contributed by atoms with Crippen LogP contribution in [0.4, 0.5) is 0 Å². The molecule has 2 unspecified atom stereocenters. The molecule has 1 aliphatic heterocycles. The largest absolute Gasteiger partial charge is 0.459 e. The Morgan fingerprint density at radius 2 is 2.19 bits per heavy atom. The van der Waals surface area contributed by atoms with E-state index in [2.05, 4.69) is 41.4 Å². The van der Waals surface area contributed by atoms with E-state index in [1.54, 1.807) is 0 Å². The van der Waals surface area contributed by atoms with Crippen LogP contribution >= 0.6 is 0 Å². The first kappa shape index (κ1) is 13.4. The SMILES string of the molecule is CCNCc1c(CN2CC3CCC2C3)oc2ccccc12. The van der Waals surface area contributed by atoms with E-state index >= 15 is 0 Å². The van der Waals surface area contributed by atoms with E-state index in [4.69, 9.17) is 4.42 Å². The van der Waals surface area contributed by atoms with E-state index in [1.807, 2.05) is 0 Å². The van der Waals surface area contributed by atoms with Gasteiger partial charge in [0.2, 0.25) is 0 Å². The van der Waals surface area contributed by atoms with Crippen LogP contribution in [0.1, 0.15) is 37.5 Å². The first-order valence-electron chi connectivity index (χ1n) is 8.29. The maximum absolute atomic E-state index is 6.18. The monoisotopic (exact) mass is 284 g/mol. The minimum atomic E-state index is 0.801. The number of nitrogens with one attached hydrogen (secondary N) is 1. The van der Waals surface area contributed by atoms with E-state index in [9.17, 15) is 0 Å². The second-order valence-corrected chi connectivity index (χ2v) is 6.54. The molecule has 0 spiro atoms. The third kappa shape index (κ3) is 2.39. The Morgan fingerprint density at radius 1 is 1.29 bits per heavy atom. The third-order valence-corrected chi connectivity index (χ3v) is 5.20. The summed E-state index contributed by atoms with van der Waals surface area (Å²) in [6, 6.07) is 9.24. The number of rotatable bonds is 5. The Bertz CT molecular complexity index is 633. The van der Waals surface area contributed by atoms with Crippen LogP contribution in [-0.4, -0.2) is 24.0 Å². The second-order valence-electron chi connectivity index (χ2n) is 6.54. The number of likely N-dealkylation sites (tertiary alicyclic amines) is 1. The molecule has 2 aromatic rings. The molecule has 21 heavy (non-hydrogen) atoms. The molecule has 2 heterocycles. The fourth-order valence-corrected chi connectivity index (χ4v) is 4.13. The molecule has 1 aromatic heterocycles. The van der Waals surface area contributed by atoms with Crippen molar-refractivity contribution in [2.24, 2.45) is 5.92 Å². The molecule has 1 N–H and O–H groups in total. The van der Waals surface area contributed by atoms with Gasteiger partial charge in [-0.3, -0.25) is 4.90 Å². The fraction of sp³-hybridized carbons (Fsp3) is 0.556. The molecule has 1 aromatic carbocycles. The number of para-hydroxylation sites is 1. The molecule has 1 saturated heterocycles. The topological polar surface area (TPSA) is 28.4 Å². The van der Waals surface area contributed by atoms with E-state index in [-0.39, 0.29) is 0 Å². The van der Waals surface area contributed by atoms with Gasteiger partial charge in [0.05, 0.1) is 6.54 Å². The summed E-state index contributed by atoms with van der Waals surface area (Å²) < 4.78 is 6.18. The van der Waals surface area contributed by atoms with Gasteiger partial charge in [-0.2, -0.15) is 0 Å². The van der Waals surface area contributed by atoms with Gasteiger partial charge in [-0.1, -0.05) is 25.1 Å². The highest BCUT2D eigenvalue weighted by Crippen LogP contribution is 2.39. The van der Waals surface area contributed by atoms with Crippen molar-refractivity contribution in [3.05, 3.63) is 35.6 Å². The zero-order valence-electron chi connectivity index (χ0n) is 12.8. The Labute approximate surface area is 126 Å². The van der Waals surface area contributed by atoms with Crippen molar-refractivity contribution in [1.29, 1.82) is 0 Å². The van der Waals surface area contributed by atoms with Crippen molar-refractivity contribution in [2.75, 3.05) is 13.1 Å². The standard InChI is InChI=1S/C18H24N2O/c1-2-19-10-16-15-5-3-4-6-17(15)21-18(16)12-20-11-13-7-8-14(20)9-13/h3-6,13-14,19H,2,7-12H2,1H3. The molecule has 2 fully saturated rings. The molecule has 0 amide bonds. The Kier molecular flexibility index (Phi) is 3.48. The maximum Gasteiger partial charge on any atom is 0.134 e. The molecule has 3 nitrogen and oxygen atoms in total. The molecule has 2 atom stereocenters. The highest BCUT2D eigenvalue weighted by atomic mass is 16.3. The van der Waals surface area contributed by atoms with E-state index < -0.39 is 0 Å². The van der Waals surface area contributed by atoms with E-state index in [0.717, 1.165) is 37.2 Å². The lowest BCUT2D eigenvalue weighted by Gasteiger charge is -2.26. The number of furan rings is 1. The normalized spacial score (nSPS) is 25.2. The van der Waals surface area contributed by atoms with E-state index in [0.29, 0.717) is 0 Å². The lowest BCUT2D eigenvalue weighted by Crippen LogP contribution is -2.31. The number of nitrogens with zero attached hydrogens (tertiary/aromatic N) is 1. The number of fused-ring (bicyclic) bond motifs is 3. The van der Waals surface area contributed by atoms with Crippen LogP contribution in [0.3, 0.4) is 0 Å². The summed E-state index contributed by atoms with van der Waals surface area (Å²) in [5.74, 6) is 2.11. The molecule has 112 valence electrons. The highest BCUT2D eigenvalue weighted by Gasteiger charge is 2.38. The molecular weight excluding hydrogens is 260 g/mol. The average Bonchev–Trinajstić information content (AvgIpc) is 3.19. The number of hydrogen-bond acceptors (Lipinski definition) is 3. The lowest BCUT2D eigenvalue weighted by atomic mass is 10.1. The van der Waals surface area contributed by atoms with Crippen molar-refractivity contribution < 1.29 is 4.42 Å². The Hall–Kier alpha value is -1.32. The molecule has 0 radical (unpaired) electrons. The molecular formula is C18H24N2O. The molecule has 2 bridgehead atoms. The predicted molar refractivity (Wildman–Crippen MR) is 85.1 cm³/mol. The summed E-state index contributed by atoms with van der Waals surface area (Å²) in [5.41, 5.74) is 2.39.